The van der Waals surface area contributed by atoms with E-state index < -0.39 is 0 Å². The van der Waals surface area contributed by atoms with Crippen molar-refractivity contribution in [1.29, 1.82) is 0 Å². The number of H-pyrrole nitrogens is 1. The van der Waals surface area contributed by atoms with E-state index in [2.05, 4.69) is 18.0 Å². The summed E-state index contributed by atoms with van der Waals surface area (Å²) in [6, 6.07) is 19.7. The van der Waals surface area contributed by atoms with Gasteiger partial charge in [-0.15, -0.1) is 0 Å². The highest BCUT2D eigenvalue weighted by Gasteiger charge is 2.36. The molecule has 0 aliphatic carbocycles. The van der Waals surface area contributed by atoms with Crippen LogP contribution in [0.2, 0.25) is 0 Å². The Morgan fingerprint density at radius 1 is 0.970 bits per heavy atom. The molecule has 3 aromatic carbocycles. The van der Waals surface area contributed by atoms with Crippen LogP contribution in [-0.2, 0) is 6.42 Å². The number of nitrogens with one attached hydrogen (secondary N) is 1. The third-order valence-electron chi connectivity index (χ3n) is 6.78. The number of hydrogen-bond donors (Lipinski definition) is 1. The Morgan fingerprint density at radius 2 is 1.79 bits per heavy atom. The van der Waals surface area contributed by atoms with Gasteiger partial charge in [-0.1, -0.05) is 24.3 Å². The Bertz CT molecular complexity index is 1350. The fraction of sp³-hybridized carbons (Fsp3) is 0.250. The van der Waals surface area contributed by atoms with E-state index in [1.165, 1.54) is 11.1 Å². The summed E-state index contributed by atoms with van der Waals surface area (Å²) in [5, 5.41) is 1.14. The number of fused-ring (bicyclic) bond motifs is 3. The third kappa shape index (κ3) is 3.54. The molecule has 0 radical (unpaired) electrons. The molecular weight excluding hydrogens is 412 g/mol. The van der Waals surface area contributed by atoms with Gasteiger partial charge in [0.1, 0.15) is 17.5 Å². The quantitative estimate of drug-likeness (QED) is 0.450. The minimum Gasteiger partial charge on any atom is -0.497 e. The predicted molar refractivity (Wildman–Crippen MR) is 130 cm³/mol. The molecule has 5 nitrogen and oxygen atoms in total. The normalized spacial score (nSPS) is 15.4. The molecule has 0 unspecified atom stereocenters. The van der Waals surface area contributed by atoms with Crippen molar-refractivity contribution in [2.45, 2.75) is 26.3 Å². The largest absolute Gasteiger partial charge is 0.497 e. The Hall–Kier alpha value is -3.73. The van der Waals surface area contributed by atoms with Crippen molar-refractivity contribution in [3.63, 3.8) is 0 Å². The van der Waals surface area contributed by atoms with Gasteiger partial charge in [0.15, 0.2) is 0 Å². The van der Waals surface area contributed by atoms with E-state index in [1.54, 1.807) is 14.2 Å². The standard InChI is InChI=1S/C28H28N2O3/c1-17-9-10-19(15-18(17)2)28(31)30-14-13-21-23-16-20(32-3)11-12-24(23)29-26(21)27(30)22-7-5-6-8-25(22)33-4/h5-12,15-16,27,29H,13-14H2,1-4H3/t27-/m0/s1. The number of hydrogen-bond acceptors (Lipinski definition) is 3. The monoisotopic (exact) mass is 440 g/mol. The Labute approximate surface area is 193 Å². The van der Waals surface area contributed by atoms with E-state index >= 15 is 0 Å². The Morgan fingerprint density at radius 3 is 2.55 bits per heavy atom. The molecule has 4 aromatic rings. The average molecular weight is 441 g/mol. The smallest absolute Gasteiger partial charge is 0.254 e. The fourth-order valence-corrected chi connectivity index (χ4v) is 4.87. The second-order valence-corrected chi connectivity index (χ2v) is 8.62. The zero-order valence-corrected chi connectivity index (χ0v) is 19.4. The van der Waals surface area contributed by atoms with Gasteiger partial charge in [0.05, 0.1) is 14.2 Å². The lowest BCUT2D eigenvalue weighted by molar-refractivity contribution is 0.0690. The van der Waals surface area contributed by atoms with E-state index in [0.29, 0.717) is 12.1 Å². The topological polar surface area (TPSA) is 54.6 Å². The summed E-state index contributed by atoms with van der Waals surface area (Å²) in [7, 11) is 3.36. The van der Waals surface area contributed by atoms with Gasteiger partial charge in [0.25, 0.3) is 5.91 Å². The van der Waals surface area contributed by atoms with Crippen LogP contribution in [0.1, 0.15) is 44.3 Å². The summed E-state index contributed by atoms with van der Waals surface area (Å²) in [6.45, 7) is 4.72. The van der Waals surface area contributed by atoms with Gasteiger partial charge in [0, 0.05) is 34.3 Å². The minimum absolute atomic E-state index is 0.0240. The molecule has 1 aliphatic heterocycles. The Balaban J connectivity index is 1.69. The van der Waals surface area contributed by atoms with Crippen molar-refractivity contribution < 1.29 is 14.3 Å². The molecule has 0 fully saturated rings. The summed E-state index contributed by atoms with van der Waals surface area (Å²) in [6.07, 6.45) is 0.769. The average Bonchev–Trinajstić information content (AvgIpc) is 3.22. The van der Waals surface area contributed by atoms with Crippen molar-refractivity contribution >= 4 is 16.8 Å². The number of methoxy groups -OCH3 is 2. The first-order chi connectivity index (χ1) is 16.0. The molecule has 1 aliphatic rings. The lowest BCUT2D eigenvalue weighted by Gasteiger charge is -2.37. The minimum atomic E-state index is -0.280. The van der Waals surface area contributed by atoms with Gasteiger partial charge in [-0.2, -0.15) is 0 Å². The van der Waals surface area contributed by atoms with Crippen LogP contribution in [0.5, 0.6) is 11.5 Å². The molecule has 5 rings (SSSR count). The number of rotatable bonds is 4. The maximum Gasteiger partial charge on any atom is 0.254 e. The van der Waals surface area contributed by atoms with Crippen LogP contribution < -0.4 is 9.47 Å². The molecular formula is C28H28N2O3. The molecule has 1 amide bonds. The van der Waals surface area contributed by atoms with E-state index in [-0.39, 0.29) is 11.9 Å². The van der Waals surface area contributed by atoms with Gasteiger partial charge in [-0.3, -0.25) is 4.79 Å². The number of carbonyl (C=O) groups excluding carboxylic acids is 1. The molecule has 0 saturated carbocycles. The van der Waals surface area contributed by atoms with E-state index in [4.69, 9.17) is 9.47 Å². The van der Waals surface area contributed by atoms with Gasteiger partial charge in [-0.05, 0) is 73.4 Å². The number of aryl methyl sites for hydroxylation is 2. The van der Waals surface area contributed by atoms with Gasteiger partial charge in [-0.25, -0.2) is 0 Å². The number of nitrogens with zero attached hydrogens (tertiary/aromatic N) is 1. The van der Waals surface area contributed by atoms with Crippen LogP contribution in [-0.4, -0.2) is 36.6 Å². The maximum absolute atomic E-state index is 13.8. The lowest BCUT2D eigenvalue weighted by atomic mass is 9.91. The predicted octanol–water partition coefficient (Wildman–Crippen LogP) is 5.59. The first kappa shape index (κ1) is 21.1. The summed E-state index contributed by atoms with van der Waals surface area (Å²) >= 11 is 0. The molecule has 1 aromatic heterocycles. The summed E-state index contributed by atoms with van der Waals surface area (Å²) in [5.74, 6) is 1.62. The molecule has 168 valence electrons. The van der Waals surface area contributed by atoms with Crippen LogP contribution in [0, 0.1) is 13.8 Å². The second-order valence-electron chi connectivity index (χ2n) is 8.62. The molecule has 0 spiro atoms. The number of carbonyl (C=O) groups is 1. The fourth-order valence-electron chi connectivity index (χ4n) is 4.87. The number of amides is 1. The van der Waals surface area contributed by atoms with Crippen molar-refractivity contribution in [3.05, 3.63) is 94.2 Å². The molecule has 0 saturated heterocycles. The number of aromatic nitrogens is 1. The van der Waals surface area contributed by atoms with Crippen molar-refractivity contribution in [2.75, 3.05) is 20.8 Å². The zero-order chi connectivity index (χ0) is 23.1. The molecule has 1 atom stereocenters. The van der Waals surface area contributed by atoms with Crippen molar-refractivity contribution in [2.24, 2.45) is 0 Å². The third-order valence-corrected chi connectivity index (χ3v) is 6.78. The summed E-state index contributed by atoms with van der Waals surface area (Å²) in [4.78, 5) is 19.4. The lowest BCUT2D eigenvalue weighted by Crippen LogP contribution is -2.40. The molecule has 33 heavy (non-hydrogen) atoms. The van der Waals surface area contributed by atoms with Gasteiger partial charge in [0.2, 0.25) is 0 Å². The van der Waals surface area contributed by atoms with Crippen LogP contribution in [0.15, 0.2) is 60.7 Å². The van der Waals surface area contributed by atoms with Crippen LogP contribution >= 0.6 is 0 Å². The summed E-state index contributed by atoms with van der Waals surface area (Å²) in [5.41, 5.74) is 7.27. The highest BCUT2D eigenvalue weighted by atomic mass is 16.5. The first-order valence-corrected chi connectivity index (χ1v) is 11.2. The van der Waals surface area contributed by atoms with Gasteiger partial charge < -0.3 is 19.4 Å². The number of benzene rings is 3. The van der Waals surface area contributed by atoms with Crippen molar-refractivity contribution in [1.82, 2.24) is 9.88 Å². The van der Waals surface area contributed by atoms with Crippen LogP contribution in [0.25, 0.3) is 10.9 Å². The molecule has 5 heteroatoms. The van der Waals surface area contributed by atoms with E-state index in [9.17, 15) is 4.79 Å². The molecule has 0 bridgehead atoms. The Kier molecular flexibility index (Phi) is 5.33. The maximum atomic E-state index is 13.8. The van der Waals surface area contributed by atoms with Crippen LogP contribution in [0.4, 0.5) is 0 Å². The van der Waals surface area contributed by atoms with Crippen LogP contribution in [0.3, 0.4) is 0 Å². The summed E-state index contributed by atoms with van der Waals surface area (Å²) < 4.78 is 11.2. The van der Waals surface area contributed by atoms with Gasteiger partial charge >= 0.3 is 0 Å². The van der Waals surface area contributed by atoms with E-state index in [1.807, 2.05) is 66.4 Å². The highest BCUT2D eigenvalue weighted by Crippen LogP contribution is 2.42. The molecule has 2 heterocycles. The second kappa shape index (κ2) is 8.32. The molecule has 1 N–H and O–H groups in total. The number of ether oxygens (including phenoxy) is 2. The van der Waals surface area contributed by atoms with E-state index in [0.717, 1.165) is 45.6 Å². The van der Waals surface area contributed by atoms with Crippen molar-refractivity contribution in [3.8, 4) is 11.5 Å². The number of para-hydroxylation sites is 1. The number of aromatic amines is 1. The first-order valence-electron chi connectivity index (χ1n) is 11.2. The highest BCUT2D eigenvalue weighted by molar-refractivity contribution is 5.96. The zero-order valence-electron chi connectivity index (χ0n) is 19.4. The SMILES string of the molecule is COc1ccc2[nH]c3c(c2c1)CCN(C(=O)c1ccc(C)c(C)c1)[C@H]3c1ccccc1OC.